The lowest BCUT2D eigenvalue weighted by molar-refractivity contribution is 1.12. The molecule has 2 aromatic heterocycles. The first-order chi connectivity index (χ1) is 7.79. The molecule has 0 spiro atoms. The van der Waals surface area contributed by atoms with Crippen molar-refractivity contribution in [3.8, 4) is 0 Å². The summed E-state index contributed by atoms with van der Waals surface area (Å²) in [7, 11) is 0. The highest BCUT2D eigenvalue weighted by Crippen LogP contribution is 2.19. The van der Waals surface area contributed by atoms with Crippen LogP contribution in [0.2, 0.25) is 0 Å². The minimum Gasteiger partial charge on any atom is -0.269 e. The number of hydrogen-bond acceptors (Lipinski definition) is 3. The van der Waals surface area contributed by atoms with E-state index in [0.717, 1.165) is 27.3 Å². The van der Waals surface area contributed by atoms with Crippen LogP contribution in [0.1, 0.15) is 11.8 Å². The van der Waals surface area contributed by atoms with Crippen molar-refractivity contribution >= 4 is 27.3 Å². The summed E-state index contributed by atoms with van der Waals surface area (Å²) in [5.41, 5.74) is 1.78. The number of benzene rings is 1. The lowest BCUT2D eigenvalue weighted by Gasteiger charge is -1.96. The average Bonchev–Trinajstić information content (AvgIpc) is 2.67. The van der Waals surface area contributed by atoms with Gasteiger partial charge in [0.15, 0.2) is 4.96 Å². The summed E-state index contributed by atoms with van der Waals surface area (Å²) in [6, 6.07) is 9.42. The topological polar surface area (TPSA) is 34.4 Å². The summed E-state index contributed by atoms with van der Waals surface area (Å²) >= 11 is 1.58. The molecular formula is C12H10N2OS. The van der Waals surface area contributed by atoms with Crippen LogP contribution in [0.15, 0.2) is 35.1 Å². The second kappa shape index (κ2) is 3.42. The summed E-state index contributed by atoms with van der Waals surface area (Å²) < 4.78 is 1.68. The monoisotopic (exact) mass is 230 g/mol. The van der Waals surface area contributed by atoms with Gasteiger partial charge in [0.25, 0.3) is 5.56 Å². The molecule has 0 saturated heterocycles. The van der Waals surface area contributed by atoms with Crippen LogP contribution in [-0.2, 0) is 6.42 Å². The van der Waals surface area contributed by atoms with E-state index in [9.17, 15) is 4.79 Å². The summed E-state index contributed by atoms with van der Waals surface area (Å²) in [5.74, 6) is 0. The van der Waals surface area contributed by atoms with Crippen LogP contribution in [0, 0.1) is 0 Å². The number of imidazole rings is 1. The molecule has 80 valence electrons. The maximum Gasteiger partial charge on any atom is 0.258 e. The molecule has 4 heteroatoms. The molecule has 0 atom stereocenters. The van der Waals surface area contributed by atoms with E-state index in [1.807, 2.05) is 31.2 Å². The van der Waals surface area contributed by atoms with Crippen LogP contribution in [0.25, 0.3) is 16.0 Å². The van der Waals surface area contributed by atoms with Gasteiger partial charge in [-0.3, -0.25) is 9.20 Å². The number of aryl methyl sites for hydroxylation is 1. The second-order valence-electron chi connectivity index (χ2n) is 3.62. The van der Waals surface area contributed by atoms with Crippen molar-refractivity contribution in [2.45, 2.75) is 13.3 Å². The van der Waals surface area contributed by atoms with Crippen LogP contribution in [0.5, 0.6) is 0 Å². The van der Waals surface area contributed by atoms with Crippen LogP contribution in [0.3, 0.4) is 0 Å². The Labute approximate surface area is 96.0 Å². The van der Waals surface area contributed by atoms with E-state index in [1.54, 1.807) is 21.8 Å². The fourth-order valence-corrected chi connectivity index (χ4v) is 2.77. The van der Waals surface area contributed by atoms with Crippen molar-refractivity contribution in [3.63, 3.8) is 0 Å². The van der Waals surface area contributed by atoms with Gasteiger partial charge >= 0.3 is 0 Å². The minimum absolute atomic E-state index is 0.0132. The first-order valence-corrected chi connectivity index (χ1v) is 6.01. The van der Waals surface area contributed by atoms with E-state index in [2.05, 4.69) is 4.98 Å². The normalized spacial score (nSPS) is 11.3. The molecule has 0 aliphatic heterocycles. The van der Waals surface area contributed by atoms with Crippen molar-refractivity contribution in [1.82, 2.24) is 9.38 Å². The molecule has 16 heavy (non-hydrogen) atoms. The second-order valence-corrected chi connectivity index (χ2v) is 4.72. The third kappa shape index (κ3) is 1.27. The largest absolute Gasteiger partial charge is 0.269 e. The van der Waals surface area contributed by atoms with E-state index in [1.165, 1.54) is 0 Å². The van der Waals surface area contributed by atoms with Gasteiger partial charge in [-0.05, 0) is 18.6 Å². The van der Waals surface area contributed by atoms with Crippen molar-refractivity contribution in [1.29, 1.82) is 0 Å². The Kier molecular flexibility index (Phi) is 2.04. The quantitative estimate of drug-likeness (QED) is 0.643. The van der Waals surface area contributed by atoms with E-state index in [0.29, 0.717) is 0 Å². The zero-order valence-electron chi connectivity index (χ0n) is 8.80. The van der Waals surface area contributed by atoms with Gasteiger partial charge in [0.05, 0.1) is 11.0 Å². The summed E-state index contributed by atoms with van der Waals surface area (Å²) in [4.78, 5) is 18.3. The predicted octanol–water partition coefficient (Wildman–Crippen LogP) is 2.47. The minimum atomic E-state index is 0.0132. The number of hydrogen-bond donors (Lipinski definition) is 0. The number of nitrogens with zero attached hydrogens (tertiary/aromatic N) is 2. The first kappa shape index (κ1) is 9.54. The molecule has 0 bridgehead atoms. The Morgan fingerprint density at radius 3 is 3.00 bits per heavy atom. The molecule has 0 aliphatic carbocycles. The van der Waals surface area contributed by atoms with Gasteiger partial charge in [0, 0.05) is 10.9 Å². The van der Waals surface area contributed by atoms with Crippen LogP contribution >= 0.6 is 11.3 Å². The first-order valence-electron chi connectivity index (χ1n) is 5.20. The van der Waals surface area contributed by atoms with Crippen molar-refractivity contribution in [2.75, 3.05) is 0 Å². The van der Waals surface area contributed by atoms with Crippen molar-refractivity contribution in [2.24, 2.45) is 0 Å². The Balaban J connectivity index is 2.55. The van der Waals surface area contributed by atoms with Gasteiger partial charge in [-0.2, -0.15) is 0 Å². The summed E-state index contributed by atoms with van der Waals surface area (Å²) in [6.45, 7) is 2.05. The third-order valence-corrected chi connectivity index (χ3v) is 3.73. The van der Waals surface area contributed by atoms with E-state index in [4.69, 9.17) is 0 Å². The molecule has 0 aliphatic rings. The van der Waals surface area contributed by atoms with Gasteiger partial charge in [0.2, 0.25) is 0 Å². The van der Waals surface area contributed by atoms with Crippen LogP contribution < -0.4 is 5.56 Å². The Morgan fingerprint density at radius 1 is 1.38 bits per heavy atom. The number of fused-ring (bicyclic) bond motifs is 3. The Bertz CT molecular complexity index is 727. The lowest BCUT2D eigenvalue weighted by atomic mass is 10.3. The Morgan fingerprint density at radius 2 is 2.19 bits per heavy atom. The Hall–Kier alpha value is -1.68. The number of aromatic nitrogens is 2. The van der Waals surface area contributed by atoms with Crippen molar-refractivity contribution < 1.29 is 0 Å². The average molecular weight is 230 g/mol. The molecule has 0 radical (unpaired) electrons. The standard InChI is InChI=1S/C12H10N2OS/c1-2-8-7-11(15)14-10-6-4-3-5-9(10)13-12(14)16-8/h3-7H,2H2,1H3. The SMILES string of the molecule is CCc1cc(=O)n2c(nc3ccccc32)s1. The maximum absolute atomic E-state index is 12.0. The fraction of sp³-hybridized carbons (Fsp3) is 0.167. The van der Waals surface area contributed by atoms with E-state index >= 15 is 0 Å². The molecule has 0 unspecified atom stereocenters. The van der Waals surface area contributed by atoms with Crippen molar-refractivity contribution in [3.05, 3.63) is 45.6 Å². The highest BCUT2D eigenvalue weighted by Gasteiger charge is 2.07. The molecule has 3 rings (SSSR count). The molecule has 0 saturated carbocycles. The lowest BCUT2D eigenvalue weighted by Crippen LogP contribution is -2.10. The maximum atomic E-state index is 12.0. The molecule has 0 N–H and O–H groups in total. The number of rotatable bonds is 1. The van der Waals surface area contributed by atoms with Gasteiger partial charge in [0.1, 0.15) is 0 Å². The summed E-state index contributed by atoms with van der Waals surface area (Å²) in [5, 5.41) is 0. The zero-order valence-corrected chi connectivity index (χ0v) is 9.62. The van der Waals surface area contributed by atoms with Gasteiger partial charge in [-0.15, -0.1) is 11.3 Å². The molecule has 3 nitrogen and oxygen atoms in total. The third-order valence-electron chi connectivity index (χ3n) is 2.61. The zero-order chi connectivity index (χ0) is 11.1. The van der Waals surface area contributed by atoms with E-state index in [-0.39, 0.29) is 5.56 Å². The van der Waals surface area contributed by atoms with Crippen LogP contribution in [-0.4, -0.2) is 9.38 Å². The van der Waals surface area contributed by atoms with Gasteiger partial charge in [-0.1, -0.05) is 19.1 Å². The number of para-hydroxylation sites is 2. The summed E-state index contributed by atoms with van der Waals surface area (Å²) in [6.07, 6.45) is 0.875. The van der Waals surface area contributed by atoms with Gasteiger partial charge < -0.3 is 0 Å². The van der Waals surface area contributed by atoms with Crippen LogP contribution in [0.4, 0.5) is 0 Å². The van der Waals surface area contributed by atoms with Gasteiger partial charge in [-0.25, -0.2) is 4.98 Å². The molecule has 0 amide bonds. The smallest absolute Gasteiger partial charge is 0.258 e. The molecule has 2 heterocycles. The predicted molar refractivity (Wildman–Crippen MR) is 66.2 cm³/mol. The molecule has 1 aromatic carbocycles. The van der Waals surface area contributed by atoms with E-state index < -0.39 is 0 Å². The highest BCUT2D eigenvalue weighted by molar-refractivity contribution is 7.16. The highest BCUT2D eigenvalue weighted by atomic mass is 32.1. The fourth-order valence-electron chi connectivity index (χ4n) is 1.81. The molecular weight excluding hydrogens is 220 g/mol. The molecule has 0 fully saturated rings. The molecule has 3 aromatic rings.